The molecule has 0 aromatic rings. The Morgan fingerprint density at radius 1 is 1.25 bits per heavy atom. The Morgan fingerprint density at radius 2 is 1.25 bits per heavy atom. The van der Waals surface area contributed by atoms with Gasteiger partial charge in [0.2, 0.25) is 0 Å². The molecule has 0 nitrogen and oxygen atoms in total. The molecule has 0 aliphatic carbocycles. The normalized spacial score (nSPS) is 3.25. The summed E-state index contributed by atoms with van der Waals surface area (Å²) >= 11 is 4.96. The minimum atomic E-state index is 2.42. The summed E-state index contributed by atoms with van der Waals surface area (Å²) in [5.41, 5.74) is 0. The first kappa shape index (κ1) is 9.37. The van der Waals surface area contributed by atoms with Crippen LogP contribution in [0.2, 0.25) is 0 Å². The van der Waals surface area contributed by atoms with Gasteiger partial charge in [-0.25, -0.2) is 0 Å². The molecule has 0 aromatic heterocycles. The van der Waals surface area contributed by atoms with E-state index in [-0.39, 0.29) is 0 Å². The Labute approximate surface area is 57.3 Å². The SMILES string of the molecule is [Cl][Ag].[S]=[Ag]. The first-order valence-electron chi connectivity index (χ1n) is 0.237. The van der Waals surface area contributed by atoms with Crippen LogP contribution in [-0.2, 0) is 39.2 Å². The quantitative estimate of drug-likeness (QED) is 0.605. The molecular formula is Ag2ClS. The van der Waals surface area contributed by atoms with Crippen LogP contribution in [0, 0.1) is 0 Å². The first-order chi connectivity index (χ1) is 2.00. The summed E-state index contributed by atoms with van der Waals surface area (Å²) in [7, 11) is 8.34. The second-order valence-electron chi connectivity index (χ2n) is 0. The predicted octanol–water partition coefficient (Wildman–Crippen LogP) is 1.33. The zero-order valence-corrected chi connectivity index (χ0v) is 5.93. The molecule has 0 saturated heterocycles. The van der Waals surface area contributed by atoms with Crippen molar-refractivity contribution < 1.29 is 39.2 Å². The Morgan fingerprint density at radius 3 is 1.25 bits per heavy atom. The zero-order valence-electron chi connectivity index (χ0n) is 1.39. The van der Waals surface area contributed by atoms with Crippen LogP contribution in [0.25, 0.3) is 0 Å². The second-order valence-corrected chi connectivity index (χ2v) is 0. The number of halogens is 1. The van der Waals surface area contributed by atoms with Crippen LogP contribution in [0.15, 0.2) is 0 Å². The van der Waals surface area contributed by atoms with Gasteiger partial charge < -0.3 is 0 Å². The van der Waals surface area contributed by atoms with Gasteiger partial charge in [-0.15, -0.1) is 0 Å². The number of rotatable bonds is 0. The van der Waals surface area contributed by atoms with E-state index in [0.29, 0.717) is 0 Å². The predicted molar refractivity (Wildman–Crippen MR) is 13.4 cm³/mol. The summed E-state index contributed by atoms with van der Waals surface area (Å²) in [5, 5.41) is 0. The van der Waals surface area contributed by atoms with E-state index in [9.17, 15) is 0 Å². The third kappa shape index (κ3) is 9.01. The van der Waals surface area contributed by atoms with Crippen LogP contribution in [0.3, 0.4) is 0 Å². The Balaban J connectivity index is 0. The van der Waals surface area contributed by atoms with Crippen molar-refractivity contribution in [3.8, 4) is 0 Å². The van der Waals surface area contributed by atoms with Crippen molar-refractivity contribution in [3.63, 3.8) is 0 Å². The van der Waals surface area contributed by atoms with Crippen LogP contribution in [-0.4, -0.2) is 0 Å². The fourth-order valence-corrected chi connectivity index (χ4v) is 0. The molecular weight excluding hydrogens is 283 g/mol. The molecule has 0 aliphatic rings. The van der Waals surface area contributed by atoms with Crippen LogP contribution in [0.1, 0.15) is 0 Å². The third-order valence-electron chi connectivity index (χ3n) is 0. The minimum absolute atomic E-state index is 2.42. The standard InChI is InChI=1S/2Ag.ClH.S/h;;1H;/q;+1;;/p-1. The molecule has 0 atom stereocenters. The molecule has 35 valence electrons. The summed E-state index contributed by atoms with van der Waals surface area (Å²) in [5.74, 6) is 0. The van der Waals surface area contributed by atoms with Crippen molar-refractivity contribution in [1.82, 2.24) is 0 Å². The summed E-state index contributed by atoms with van der Waals surface area (Å²) in [6.45, 7) is 0. The molecule has 0 amide bonds. The van der Waals surface area contributed by atoms with Crippen molar-refractivity contribution in [1.29, 1.82) is 0 Å². The number of hydrogen-bond acceptors (Lipinski definition) is 1. The zero-order chi connectivity index (χ0) is 4.00. The van der Waals surface area contributed by atoms with E-state index in [1.807, 2.05) is 0 Å². The van der Waals surface area contributed by atoms with E-state index in [4.69, 9.17) is 0 Å². The average Bonchev–Trinajstić information content (AvgIpc) is 1.50. The molecule has 4 heavy (non-hydrogen) atoms. The van der Waals surface area contributed by atoms with Gasteiger partial charge in [-0.1, -0.05) is 0 Å². The van der Waals surface area contributed by atoms with Crippen LogP contribution >= 0.6 is 18.8 Å². The molecule has 0 heterocycles. The Kier molecular flexibility index (Phi) is 47.0. The summed E-state index contributed by atoms with van der Waals surface area (Å²) in [6.07, 6.45) is 0. The third-order valence-corrected chi connectivity index (χ3v) is 0. The van der Waals surface area contributed by atoms with E-state index < -0.39 is 0 Å². The van der Waals surface area contributed by atoms with Gasteiger partial charge in [0.05, 0.1) is 0 Å². The van der Waals surface area contributed by atoms with Crippen molar-refractivity contribution >= 4 is 18.8 Å². The maximum atomic E-state index is 4.45. The molecule has 0 saturated carbocycles. The van der Waals surface area contributed by atoms with Crippen LogP contribution in [0.5, 0.6) is 0 Å². The molecule has 0 rings (SSSR count). The molecule has 0 aliphatic heterocycles. The van der Waals surface area contributed by atoms with Gasteiger partial charge in [0.25, 0.3) is 0 Å². The van der Waals surface area contributed by atoms with Crippen LogP contribution in [0.4, 0.5) is 0 Å². The van der Waals surface area contributed by atoms with Gasteiger partial charge in [0.15, 0.2) is 0 Å². The maximum absolute atomic E-state index is 4.45. The monoisotopic (exact) mass is 281 g/mol. The van der Waals surface area contributed by atoms with Crippen molar-refractivity contribution in [3.05, 3.63) is 0 Å². The Bertz CT molecular complexity index is 6.00. The van der Waals surface area contributed by atoms with Gasteiger partial charge in [-0.2, -0.15) is 0 Å². The van der Waals surface area contributed by atoms with E-state index >= 15 is 0 Å². The fourth-order valence-electron chi connectivity index (χ4n) is 0. The van der Waals surface area contributed by atoms with Gasteiger partial charge in [0.1, 0.15) is 0 Å². The molecule has 0 radical (unpaired) electrons. The molecule has 0 unspecified atom stereocenters. The number of hydrogen-bond donors (Lipinski definition) is 0. The van der Waals surface area contributed by atoms with Crippen molar-refractivity contribution in [2.45, 2.75) is 0 Å². The summed E-state index contributed by atoms with van der Waals surface area (Å²) < 4.78 is 0. The fraction of sp³-hybridized carbons (Fsp3) is 0. The van der Waals surface area contributed by atoms with Gasteiger partial charge in [-0.05, 0) is 0 Å². The topological polar surface area (TPSA) is 0 Å². The van der Waals surface area contributed by atoms with Gasteiger partial charge >= 0.3 is 57.9 Å². The molecule has 0 aromatic carbocycles. The van der Waals surface area contributed by atoms with E-state index in [1.165, 1.54) is 0 Å². The van der Waals surface area contributed by atoms with Crippen molar-refractivity contribution in [2.75, 3.05) is 0 Å². The van der Waals surface area contributed by atoms with Gasteiger partial charge in [0, 0.05) is 0 Å². The Hall–Kier alpha value is 1.99. The molecule has 0 N–H and O–H groups in total. The van der Waals surface area contributed by atoms with E-state index in [2.05, 4.69) is 57.9 Å². The molecule has 0 fully saturated rings. The first-order valence-corrected chi connectivity index (χ1v) is 4.21. The molecule has 4 heteroatoms. The summed E-state index contributed by atoms with van der Waals surface area (Å²) in [6, 6.07) is 0. The average molecular weight is 283 g/mol. The van der Waals surface area contributed by atoms with Gasteiger partial charge in [-0.3, -0.25) is 0 Å². The second kappa shape index (κ2) is 20.1. The van der Waals surface area contributed by atoms with Crippen molar-refractivity contribution in [2.24, 2.45) is 0 Å². The molecule has 0 bridgehead atoms. The molecule has 0 spiro atoms. The van der Waals surface area contributed by atoms with Crippen LogP contribution < -0.4 is 0 Å². The summed E-state index contributed by atoms with van der Waals surface area (Å²) in [4.78, 5) is 0. The van der Waals surface area contributed by atoms with E-state index in [1.54, 1.807) is 0 Å². The van der Waals surface area contributed by atoms with E-state index in [0.717, 1.165) is 0 Å².